The summed E-state index contributed by atoms with van der Waals surface area (Å²) in [4.78, 5) is 10.8. The largest absolute Gasteiger partial charge is 0.478 e. The number of carboxylic acid groups (broad SMARTS) is 1. The number of carbonyl (C=O) groups is 1. The number of halogens is 1. The minimum Gasteiger partial charge on any atom is -0.478 e. The molecule has 86 valence electrons. The molecule has 1 heterocycles. The Balaban J connectivity index is 0.00000128. The van der Waals surface area contributed by atoms with E-state index in [9.17, 15) is 4.79 Å². The topological polar surface area (TPSA) is 49.3 Å². The molecule has 1 aromatic rings. The molecule has 0 aromatic heterocycles. The van der Waals surface area contributed by atoms with E-state index in [1.54, 1.807) is 6.07 Å². The summed E-state index contributed by atoms with van der Waals surface area (Å²) in [6.07, 6.45) is 2.11. The molecular formula is C12H14ClNO2. The smallest absolute Gasteiger partial charge is 0.335 e. The van der Waals surface area contributed by atoms with Crippen LogP contribution in [0.25, 0.3) is 6.08 Å². The number of aryl methyl sites for hydroxylation is 1. The Hall–Kier alpha value is -1.32. The van der Waals surface area contributed by atoms with Gasteiger partial charge in [-0.15, -0.1) is 12.4 Å². The highest BCUT2D eigenvalue weighted by Gasteiger charge is 2.09. The van der Waals surface area contributed by atoms with Gasteiger partial charge in [-0.05, 0) is 29.7 Å². The predicted molar refractivity (Wildman–Crippen MR) is 66.2 cm³/mol. The Morgan fingerprint density at radius 3 is 2.56 bits per heavy atom. The molecule has 0 radical (unpaired) electrons. The number of aromatic carboxylic acids is 1. The summed E-state index contributed by atoms with van der Waals surface area (Å²) in [7, 11) is 0. The van der Waals surface area contributed by atoms with Crippen molar-refractivity contribution in [1.29, 1.82) is 0 Å². The van der Waals surface area contributed by atoms with E-state index in [0.29, 0.717) is 5.56 Å². The Labute approximate surface area is 101 Å². The van der Waals surface area contributed by atoms with Crippen LogP contribution in [0.1, 0.15) is 21.5 Å². The monoisotopic (exact) mass is 239 g/mol. The van der Waals surface area contributed by atoms with E-state index in [-0.39, 0.29) is 12.4 Å². The van der Waals surface area contributed by atoms with E-state index in [1.165, 1.54) is 5.57 Å². The number of nitrogens with one attached hydrogen (secondary N) is 1. The summed E-state index contributed by atoms with van der Waals surface area (Å²) >= 11 is 0. The molecule has 0 bridgehead atoms. The van der Waals surface area contributed by atoms with Crippen LogP contribution in [-0.4, -0.2) is 24.2 Å². The molecular weight excluding hydrogens is 226 g/mol. The highest BCUT2D eigenvalue weighted by Crippen LogP contribution is 2.15. The van der Waals surface area contributed by atoms with Gasteiger partial charge in [0.2, 0.25) is 0 Å². The standard InChI is InChI=1S/C12H13NO2.ClH/c1-8-4-9(5-10-6-13-7-10)2-3-11(8)12(14)15;/h2-5,13H,6-7H2,1H3,(H,14,15);1H. The van der Waals surface area contributed by atoms with Crippen LogP contribution in [0.15, 0.2) is 23.8 Å². The van der Waals surface area contributed by atoms with Gasteiger partial charge in [-0.1, -0.05) is 18.2 Å². The number of carboxylic acids is 1. The maximum atomic E-state index is 10.8. The molecule has 16 heavy (non-hydrogen) atoms. The predicted octanol–water partition coefficient (Wildman–Crippen LogP) is 2.10. The zero-order valence-corrected chi connectivity index (χ0v) is 9.80. The van der Waals surface area contributed by atoms with Crippen LogP contribution in [0.5, 0.6) is 0 Å². The second-order valence-corrected chi connectivity index (χ2v) is 3.79. The fraction of sp³-hybridized carbons (Fsp3) is 0.250. The van der Waals surface area contributed by atoms with Crippen LogP contribution in [0, 0.1) is 6.92 Å². The molecule has 2 N–H and O–H groups in total. The van der Waals surface area contributed by atoms with Crippen molar-refractivity contribution in [3.63, 3.8) is 0 Å². The summed E-state index contributed by atoms with van der Waals surface area (Å²) in [5, 5.41) is 12.0. The van der Waals surface area contributed by atoms with Crippen molar-refractivity contribution in [1.82, 2.24) is 5.32 Å². The number of benzene rings is 1. The Bertz CT molecular complexity index is 435. The highest BCUT2D eigenvalue weighted by molar-refractivity contribution is 5.89. The molecule has 0 saturated carbocycles. The fourth-order valence-electron chi connectivity index (χ4n) is 1.62. The molecule has 0 atom stereocenters. The van der Waals surface area contributed by atoms with Gasteiger partial charge < -0.3 is 10.4 Å². The van der Waals surface area contributed by atoms with Gasteiger partial charge in [0.15, 0.2) is 0 Å². The Kier molecular flexibility index (Phi) is 4.10. The van der Waals surface area contributed by atoms with Crippen molar-refractivity contribution in [2.45, 2.75) is 6.92 Å². The first-order valence-electron chi connectivity index (χ1n) is 4.91. The first kappa shape index (κ1) is 12.7. The summed E-state index contributed by atoms with van der Waals surface area (Å²) in [6, 6.07) is 5.42. The molecule has 2 rings (SSSR count). The molecule has 3 nitrogen and oxygen atoms in total. The van der Waals surface area contributed by atoms with Crippen molar-refractivity contribution in [2.24, 2.45) is 0 Å². The average molecular weight is 240 g/mol. The molecule has 1 aliphatic heterocycles. The van der Waals surface area contributed by atoms with Gasteiger partial charge in [-0.3, -0.25) is 0 Å². The second-order valence-electron chi connectivity index (χ2n) is 3.79. The second kappa shape index (κ2) is 5.14. The SMILES string of the molecule is Cc1cc(C=C2CNC2)ccc1C(=O)O.Cl. The van der Waals surface area contributed by atoms with Gasteiger partial charge in [0, 0.05) is 13.1 Å². The first-order chi connectivity index (χ1) is 7.16. The van der Waals surface area contributed by atoms with Gasteiger partial charge >= 0.3 is 5.97 Å². The fourth-order valence-corrected chi connectivity index (χ4v) is 1.62. The molecule has 0 unspecified atom stereocenters. The van der Waals surface area contributed by atoms with Crippen molar-refractivity contribution in [3.8, 4) is 0 Å². The summed E-state index contributed by atoms with van der Waals surface area (Å²) in [5.74, 6) is -0.864. The number of rotatable bonds is 2. The molecule has 1 fully saturated rings. The van der Waals surface area contributed by atoms with Crippen LogP contribution < -0.4 is 5.32 Å². The molecule has 1 aliphatic rings. The van der Waals surface area contributed by atoms with E-state index in [2.05, 4.69) is 11.4 Å². The quantitative estimate of drug-likeness (QED) is 0.831. The van der Waals surface area contributed by atoms with Gasteiger partial charge in [0.1, 0.15) is 0 Å². The maximum Gasteiger partial charge on any atom is 0.335 e. The molecule has 0 amide bonds. The third kappa shape index (κ3) is 2.62. The van der Waals surface area contributed by atoms with Crippen molar-refractivity contribution >= 4 is 24.5 Å². The van der Waals surface area contributed by atoms with Gasteiger partial charge in [-0.2, -0.15) is 0 Å². The van der Waals surface area contributed by atoms with Crippen LogP contribution >= 0.6 is 12.4 Å². The molecule has 4 heteroatoms. The summed E-state index contributed by atoms with van der Waals surface area (Å²) in [5.41, 5.74) is 3.62. The van der Waals surface area contributed by atoms with Gasteiger partial charge in [0.05, 0.1) is 5.56 Å². The third-order valence-electron chi connectivity index (χ3n) is 2.56. The molecule has 1 saturated heterocycles. The molecule has 0 spiro atoms. The zero-order chi connectivity index (χ0) is 10.8. The normalized spacial score (nSPS) is 13.7. The lowest BCUT2D eigenvalue weighted by molar-refractivity contribution is 0.0696. The van der Waals surface area contributed by atoms with Crippen LogP contribution in [-0.2, 0) is 0 Å². The van der Waals surface area contributed by atoms with Crippen LogP contribution in [0.3, 0.4) is 0 Å². The first-order valence-corrected chi connectivity index (χ1v) is 4.91. The highest BCUT2D eigenvalue weighted by atomic mass is 35.5. The van der Waals surface area contributed by atoms with E-state index < -0.39 is 5.97 Å². The molecule has 0 aliphatic carbocycles. The summed E-state index contributed by atoms with van der Waals surface area (Å²) in [6.45, 7) is 3.71. The Morgan fingerprint density at radius 1 is 1.44 bits per heavy atom. The van der Waals surface area contributed by atoms with Crippen molar-refractivity contribution < 1.29 is 9.90 Å². The van der Waals surface area contributed by atoms with Crippen LogP contribution in [0.2, 0.25) is 0 Å². The van der Waals surface area contributed by atoms with Gasteiger partial charge in [0.25, 0.3) is 0 Å². The van der Waals surface area contributed by atoms with E-state index in [4.69, 9.17) is 5.11 Å². The minimum absolute atomic E-state index is 0. The summed E-state index contributed by atoms with van der Waals surface area (Å²) < 4.78 is 0. The number of hydrogen-bond donors (Lipinski definition) is 2. The van der Waals surface area contributed by atoms with Crippen molar-refractivity contribution in [3.05, 3.63) is 40.5 Å². The van der Waals surface area contributed by atoms with E-state index in [1.807, 2.05) is 19.1 Å². The lowest BCUT2D eigenvalue weighted by Crippen LogP contribution is -2.33. The van der Waals surface area contributed by atoms with E-state index >= 15 is 0 Å². The average Bonchev–Trinajstić information content (AvgIpc) is 2.11. The van der Waals surface area contributed by atoms with Crippen LogP contribution in [0.4, 0.5) is 0 Å². The van der Waals surface area contributed by atoms with E-state index in [0.717, 1.165) is 24.2 Å². The Morgan fingerprint density at radius 2 is 2.12 bits per heavy atom. The maximum absolute atomic E-state index is 10.8. The zero-order valence-electron chi connectivity index (χ0n) is 8.99. The lowest BCUT2D eigenvalue weighted by Gasteiger charge is -2.18. The lowest BCUT2D eigenvalue weighted by atomic mass is 10.0. The van der Waals surface area contributed by atoms with Gasteiger partial charge in [-0.25, -0.2) is 4.79 Å². The molecule has 1 aromatic carbocycles. The van der Waals surface area contributed by atoms with Crippen molar-refractivity contribution in [2.75, 3.05) is 13.1 Å². The minimum atomic E-state index is -0.864. The number of hydrogen-bond acceptors (Lipinski definition) is 2. The third-order valence-corrected chi connectivity index (χ3v) is 2.56.